The molecule has 12 heteroatoms. The van der Waals surface area contributed by atoms with Gasteiger partial charge in [0.2, 0.25) is 5.91 Å². The van der Waals surface area contributed by atoms with Gasteiger partial charge in [0.15, 0.2) is 0 Å². The number of nitrogens with one attached hydrogen (secondary N) is 1. The third kappa shape index (κ3) is 5.72. The first-order valence-electron chi connectivity index (χ1n) is 9.93. The van der Waals surface area contributed by atoms with Crippen molar-refractivity contribution in [3.63, 3.8) is 0 Å². The summed E-state index contributed by atoms with van der Waals surface area (Å²) in [6, 6.07) is 7.04. The summed E-state index contributed by atoms with van der Waals surface area (Å²) in [5.74, 6) is -1.39. The Balaban J connectivity index is 1.71. The maximum Gasteiger partial charge on any atom is 0.417 e. The second-order valence-electron chi connectivity index (χ2n) is 7.56. The molecule has 1 fully saturated rings. The van der Waals surface area contributed by atoms with E-state index in [2.05, 4.69) is 5.32 Å². The highest BCUT2D eigenvalue weighted by atomic mass is 35.5. The van der Waals surface area contributed by atoms with Crippen LogP contribution in [0.3, 0.4) is 0 Å². The Bertz CT molecular complexity index is 1090. The molecule has 1 heterocycles. The lowest BCUT2D eigenvalue weighted by atomic mass is 10.1. The van der Waals surface area contributed by atoms with Crippen molar-refractivity contribution in [1.29, 1.82) is 0 Å². The number of anilines is 2. The van der Waals surface area contributed by atoms with Crippen molar-refractivity contribution in [3.8, 4) is 0 Å². The van der Waals surface area contributed by atoms with Crippen LogP contribution in [0.25, 0.3) is 0 Å². The Hall–Kier alpha value is -3.34. The minimum Gasteiger partial charge on any atom is -0.366 e. The number of hydrogen-bond acceptors (Lipinski definition) is 5. The lowest BCUT2D eigenvalue weighted by Gasteiger charge is -2.20. The average molecular weight is 485 g/mol. The van der Waals surface area contributed by atoms with Gasteiger partial charge in [0.05, 0.1) is 22.1 Å². The van der Waals surface area contributed by atoms with Gasteiger partial charge in [-0.05, 0) is 43.2 Å². The van der Waals surface area contributed by atoms with Crippen LogP contribution >= 0.6 is 11.6 Å². The molecule has 2 aromatic carbocycles. The fraction of sp³-hybridized carbons (Fsp3) is 0.333. The van der Waals surface area contributed by atoms with E-state index in [0.29, 0.717) is 24.8 Å². The fourth-order valence-electron chi connectivity index (χ4n) is 3.56. The number of amides is 2. The second kappa shape index (κ2) is 9.65. The highest BCUT2D eigenvalue weighted by molar-refractivity contribution is 6.31. The molecule has 0 spiro atoms. The molecule has 0 radical (unpaired) electrons. The van der Waals surface area contributed by atoms with Crippen LogP contribution in [0.15, 0.2) is 36.4 Å². The highest BCUT2D eigenvalue weighted by Crippen LogP contribution is 2.36. The highest BCUT2D eigenvalue weighted by Gasteiger charge is 2.33. The number of nitro benzene ring substituents is 1. The Labute approximate surface area is 192 Å². The van der Waals surface area contributed by atoms with Crippen molar-refractivity contribution in [1.82, 2.24) is 4.90 Å². The molecule has 1 aliphatic heterocycles. The van der Waals surface area contributed by atoms with Gasteiger partial charge >= 0.3 is 6.18 Å². The summed E-state index contributed by atoms with van der Waals surface area (Å²) in [5.41, 5.74) is -0.995. The van der Waals surface area contributed by atoms with Crippen LogP contribution in [0, 0.1) is 10.1 Å². The number of rotatable bonds is 6. The molecule has 0 bridgehead atoms. The molecule has 8 nitrogen and oxygen atoms in total. The smallest absolute Gasteiger partial charge is 0.366 e. The predicted molar refractivity (Wildman–Crippen MR) is 117 cm³/mol. The molecule has 33 heavy (non-hydrogen) atoms. The van der Waals surface area contributed by atoms with Gasteiger partial charge in [-0.15, -0.1) is 0 Å². The molecule has 0 aromatic heterocycles. The van der Waals surface area contributed by atoms with Gasteiger partial charge in [-0.1, -0.05) is 11.6 Å². The third-order valence-corrected chi connectivity index (χ3v) is 5.48. The van der Waals surface area contributed by atoms with Crippen LogP contribution in [-0.2, 0) is 11.0 Å². The van der Waals surface area contributed by atoms with Gasteiger partial charge in [-0.2, -0.15) is 13.2 Å². The van der Waals surface area contributed by atoms with E-state index < -0.39 is 40.0 Å². The van der Waals surface area contributed by atoms with E-state index in [9.17, 15) is 32.9 Å². The maximum atomic E-state index is 13.0. The molecule has 2 aromatic rings. The lowest BCUT2D eigenvalue weighted by molar-refractivity contribution is -0.384. The zero-order valence-electron chi connectivity index (χ0n) is 17.5. The molecule has 1 N–H and O–H groups in total. The number of carbonyl (C=O) groups excluding carboxylic acids is 2. The van der Waals surface area contributed by atoms with Gasteiger partial charge in [-0.25, -0.2) is 0 Å². The zero-order valence-corrected chi connectivity index (χ0v) is 18.2. The molecule has 1 aliphatic rings. The number of nitrogens with zero attached hydrogens (tertiary/aromatic N) is 3. The van der Waals surface area contributed by atoms with Crippen molar-refractivity contribution in [2.75, 3.05) is 36.9 Å². The van der Waals surface area contributed by atoms with E-state index in [0.717, 1.165) is 23.8 Å². The summed E-state index contributed by atoms with van der Waals surface area (Å²) in [6.07, 6.45) is -2.85. The van der Waals surface area contributed by atoms with Crippen LogP contribution in [0.1, 0.15) is 28.8 Å². The van der Waals surface area contributed by atoms with Crippen LogP contribution in [0.4, 0.5) is 30.2 Å². The van der Waals surface area contributed by atoms with Gasteiger partial charge in [0.1, 0.15) is 5.69 Å². The van der Waals surface area contributed by atoms with Gasteiger partial charge in [0.25, 0.3) is 11.6 Å². The monoisotopic (exact) mass is 484 g/mol. The summed E-state index contributed by atoms with van der Waals surface area (Å²) in [5, 5.41) is 13.3. The van der Waals surface area contributed by atoms with Crippen molar-refractivity contribution < 1.29 is 27.7 Å². The van der Waals surface area contributed by atoms with Gasteiger partial charge in [0, 0.05) is 37.5 Å². The maximum absolute atomic E-state index is 13.0. The molecule has 1 saturated heterocycles. The molecule has 2 amide bonds. The Morgan fingerprint density at radius 2 is 1.85 bits per heavy atom. The first-order chi connectivity index (χ1) is 15.5. The molecule has 0 saturated carbocycles. The van der Waals surface area contributed by atoms with E-state index in [1.165, 1.54) is 31.3 Å². The third-order valence-electron chi connectivity index (χ3n) is 5.15. The number of nitro groups is 1. The number of halogens is 4. The fourth-order valence-corrected chi connectivity index (χ4v) is 3.78. The summed E-state index contributed by atoms with van der Waals surface area (Å²) in [6.45, 7) is 0.897. The van der Waals surface area contributed by atoms with E-state index in [1.54, 1.807) is 0 Å². The van der Waals surface area contributed by atoms with Crippen LogP contribution in [0.5, 0.6) is 0 Å². The molecular weight excluding hydrogens is 465 g/mol. The van der Waals surface area contributed by atoms with E-state index >= 15 is 0 Å². The Morgan fingerprint density at radius 1 is 1.18 bits per heavy atom. The first-order valence-corrected chi connectivity index (χ1v) is 10.3. The molecule has 0 aliphatic carbocycles. The van der Waals surface area contributed by atoms with Crippen LogP contribution in [-0.4, -0.2) is 48.3 Å². The quantitative estimate of drug-likeness (QED) is 0.478. The Morgan fingerprint density at radius 3 is 2.45 bits per heavy atom. The molecule has 0 unspecified atom stereocenters. The molecule has 3 rings (SSSR count). The van der Waals surface area contributed by atoms with Gasteiger partial charge in [-0.3, -0.25) is 19.7 Å². The van der Waals surface area contributed by atoms with Crippen molar-refractivity contribution in [2.45, 2.75) is 19.0 Å². The number of carbonyl (C=O) groups is 2. The summed E-state index contributed by atoms with van der Waals surface area (Å²) >= 11 is 5.56. The normalized spacial score (nSPS) is 13.7. The topological polar surface area (TPSA) is 95.8 Å². The summed E-state index contributed by atoms with van der Waals surface area (Å²) in [4.78, 5) is 38.9. The van der Waals surface area contributed by atoms with E-state index in [4.69, 9.17) is 11.6 Å². The first kappa shape index (κ1) is 24.3. The van der Waals surface area contributed by atoms with E-state index in [1.807, 2.05) is 4.90 Å². The molecule has 0 atom stereocenters. The lowest BCUT2D eigenvalue weighted by Crippen LogP contribution is -2.35. The minimum atomic E-state index is -4.69. The molecular formula is C21H20ClF3N4O4. The zero-order chi connectivity index (χ0) is 24.3. The Kier molecular flexibility index (Phi) is 7.11. The minimum absolute atomic E-state index is 0.0193. The SMILES string of the molecule is CN(CC(=O)Nc1ccc(Cl)c(C(F)(F)F)c1)C(=O)c1ccc(N2CCCC2)c([N+](=O)[O-])c1. The standard InChI is InChI=1S/C21H20ClF3N4O4/c1-27(12-19(30)26-14-5-6-16(22)15(11-14)21(23,24)25)20(31)13-4-7-17(18(10-13)29(32)33)28-8-2-3-9-28/h4-7,10-11H,2-3,8-9,12H2,1H3,(H,26,30). The largest absolute Gasteiger partial charge is 0.417 e. The number of benzene rings is 2. The number of alkyl halides is 3. The van der Waals surface area contributed by atoms with Crippen LogP contribution in [0.2, 0.25) is 5.02 Å². The summed E-state index contributed by atoms with van der Waals surface area (Å²) in [7, 11) is 1.31. The molecule has 176 valence electrons. The van der Waals surface area contributed by atoms with Crippen LogP contribution < -0.4 is 10.2 Å². The van der Waals surface area contributed by atoms with E-state index in [-0.39, 0.29) is 16.9 Å². The number of likely N-dealkylation sites (N-methyl/N-ethyl adjacent to an activating group) is 1. The van der Waals surface area contributed by atoms with Crippen molar-refractivity contribution in [3.05, 3.63) is 62.7 Å². The average Bonchev–Trinajstić information content (AvgIpc) is 3.28. The second-order valence-corrected chi connectivity index (χ2v) is 7.96. The van der Waals surface area contributed by atoms with Crippen molar-refractivity contribution >= 4 is 40.5 Å². The predicted octanol–water partition coefficient (Wildman–Crippen LogP) is 4.58. The summed E-state index contributed by atoms with van der Waals surface area (Å²) < 4.78 is 39.0. The number of hydrogen-bond donors (Lipinski definition) is 1. The van der Waals surface area contributed by atoms with Gasteiger partial charge < -0.3 is 15.1 Å². The van der Waals surface area contributed by atoms with Crippen molar-refractivity contribution in [2.24, 2.45) is 0 Å².